The third-order valence-corrected chi connectivity index (χ3v) is 3.39. The van der Waals surface area contributed by atoms with Gasteiger partial charge in [-0.25, -0.2) is 0 Å². The molecule has 2 aromatic rings. The van der Waals surface area contributed by atoms with Crippen molar-refractivity contribution in [2.75, 3.05) is 6.61 Å². The van der Waals surface area contributed by atoms with E-state index in [4.69, 9.17) is 4.74 Å². The Morgan fingerprint density at radius 2 is 1.79 bits per heavy atom. The molecule has 3 rings (SSSR count). The molecule has 0 radical (unpaired) electrons. The third-order valence-electron chi connectivity index (χ3n) is 3.39. The number of aromatic hydroxyl groups is 2. The fourth-order valence-corrected chi connectivity index (χ4v) is 2.35. The summed E-state index contributed by atoms with van der Waals surface area (Å²) in [5.41, 5.74) is 3.91. The fraction of sp³-hybridized carbons (Fsp3) is 0.125. The SMILES string of the molecule is CC1=C(c2cccc(O)c2)COc2ccc(O)cc21. The van der Waals surface area contributed by atoms with E-state index in [2.05, 4.69) is 0 Å². The summed E-state index contributed by atoms with van der Waals surface area (Å²) < 4.78 is 5.71. The van der Waals surface area contributed by atoms with E-state index < -0.39 is 0 Å². The Hall–Kier alpha value is -2.42. The average Bonchev–Trinajstić information content (AvgIpc) is 2.40. The Bertz CT molecular complexity index is 671. The second kappa shape index (κ2) is 4.35. The van der Waals surface area contributed by atoms with E-state index >= 15 is 0 Å². The Labute approximate surface area is 111 Å². The van der Waals surface area contributed by atoms with Crippen molar-refractivity contribution in [2.24, 2.45) is 0 Å². The van der Waals surface area contributed by atoms with Crippen LogP contribution in [0.2, 0.25) is 0 Å². The van der Waals surface area contributed by atoms with Crippen molar-refractivity contribution in [1.29, 1.82) is 0 Å². The van der Waals surface area contributed by atoms with Crippen LogP contribution in [0.5, 0.6) is 17.2 Å². The number of rotatable bonds is 1. The predicted octanol–water partition coefficient (Wildman–Crippen LogP) is 3.42. The van der Waals surface area contributed by atoms with Gasteiger partial charge in [-0.05, 0) is 48.4 Å². The Morgan fingerprint density at radius 3 is 2.58 bits per heavy atom. The number of hydrogen-bond donors (Lipinski definition) is 2. The van der Waals surface area contributed by atoms with Gasteiger partial charge in [0.2, 0.25) is 0 Å². The minimum absolute atomic E-state index is 0.221. The van der Waals surface area contributed by atoms with Crippen molar-refractivity contribution in [3.05, 3.63) is 53.6 Å². The van der Waals surface area contributed by atoms with Crippen molar-refractivity contribution in [3.8, 4) is 17.2 Å². The van der Waals surface area contributed by atoms with Gasteiger partial charge in [-0.3, -0.25) is 0 Å². The van der Waals surface area contributed by atoms with Crippen molar-refractivity contribution >= 4 is 11.1 Å². The maximum Gasteiger partial charge on any atom is 0.127 e. The van der Waals surface area contributed by atoms with Crippen molar-refractivity contribution < 1.29 is 14.9 Å². The molecule has 96 valence electrons. The van der Waals surface area contributed by atoms with E-state index in [0.717, 1.165) is 28.0 Å². The van der Waals surface area contributed by atoms with Crippen LogP contribution < -0.4 is 4.74 Å². The number of ether oxygens (including phenoxy) is 1. The number of hydrogen-bond acceptors (Lipinski definition) is 3. The molecule has 19 heavy (non-hydrogen) atoms. The molecule has 1 heterocycles. The van der Waals surface area contributed by atoms with Gasteiger partial charge >= 0.3 is 0 Å². The summed E-state index contributed by atoms with van der Waals surface area (Å²) in [5.74, 6) is 1.23. The molecule has 0 fully saturated rings. The van der Waals surface area contributed by atoms with Crippen LogP contribution in [0.15, 0.2) is 42.5 Å². The van der Waals surface area contributed by atoms with Gasteiger partial charge in [0.1, 0.15) is 23.9 Å². The monoisotopic (exact) mass is 254 g/mol. The van der Waals surface area contributed by atoms with Gasteiger partial charge in [-0.15, -0.1) is 0 Å². The van der Waals surface area contributed by atoms with Gasteiger partial charge in [-0.1, -0.05) is 12.1 Å². The highest BCUT2D eigenvalue weighted by molar-refractivity contribution is 5.94. The first kappa shape index (κ1) is 11.7. The van der Waals surface area contributed by atoms with Crippen LogP contribution in [0.25, 0.3) is 11.1 Å². The van der Waals surface area contributed by atoms with Gasteiger partial charge in [0.25, 0.3) is 0 Å². The number of benzene rings is 2. The largest absolute Gasteiger partial charge is 0.508 e. The van der Waals surface area contributed by atoms with Crippen LogP contribution >= 0.6 is 0 Å². The van der Waals surface area contributed by atoms with Crippen molar-refractivity contribution in [3.63, 3.8) is 0 Å². The zero-order chi connectivity index (χ0) is 13.4. The highest BCUT2D eigenvalue weighted by Gasteiger charge is 2.18. The zero-order valence-electron chi connectivity index (χ0n) is 10.6. The van der Waals surface area contributed by atoms with E-state index in [0.29, 0.717) is 6.61 Å². The number of allylic oxidation sites excluding steroid dienone is 1. The van der Waals surface area contributed by atoms with E-state index in [1.165, 1.54) is 0 Å². The molecule has 3 heteroatoms. The van der Waals surface area contributed by atoms with Gasteiger partial charge in [0, 0.05) is 11.1 Å². The quantitative estimate of drug-likeness (QED) is 0.819. The first-order valence-electron chi connectivity index (χ1n) is 6.10. The lowest BCUT2D eigenvalue weighted by molar-refractivity contribution is 0.363. The van der Waals surface area contributed by atoms with Crippen LogP contribution in [0.3, 0.4) is 0 Å². The number of phenolic OH excluding ortho intramolecular Hbond substituents is 2. The second-order valence-corrected chi connectivity index (χ2v) is 4.62. The summed E-state index contributed by atoms with van der Waals surface area (Å²) in [4.78, 5) is 0. The highest BCUT2D eigenvalue weighted by atomic mass is 16.5. The fourth-order valence-electron chi connectivity index (χ4n) is 2.35. The smallest absolute Gasteiger partial charge is 0.127 e. The molecule has 0 aliphatic carbocycles. The molecule has 1 aliphatic heterocycles. The minimum atomic E-state index is 0.221. The van der Waals surface area contributed by atoms with Crippen LogP contribution in [0.1, 0.15) is 18.1 Å². The van der Waals surface area contributed by atoms with Crippen molar-refractivity contribution in [1.82, 2.24) is 0 Å². The summed E-state index contributed by atoms with van der Waals surface area (Å²) in [6.07, 6.45) is 0. The molecule has 0 amide bonds. The van der Waals surface area contributed by atoms with E-state index in [-0.39, 0.29) is 11.5 Å². The Kier molecular flexibility index (Phi) is 2.67. The molecule has 0 saturated carbocycles. The Balaban J connectivity index is 2.15. The minimum Gasteiger partial charge on any atom is -0.508 e. The van der Waals surface area contributed by atoms with Crippen LogP contribution in [0, 0.1) is 0 Å². The molecular weight excluding hydrogens is 240 g/mol. The van der Waals surface area contributed by atoms with E-state index in [1.54, 1.807) is 30.3 Å². The molecule has 1 aliphatic rings. The molecule has 0 atom stereocenters. The molecule has 3 nitrogen and oxygen atoms in total. The second-order valence-electron chi connectivity index (χ2n) is 4.62. The molecule has 0 unspecified atom stereocenters. The maximum atomic E-state index is 9.59. The van der Waals surface area contributed by atoms with Gasteiger partial charge < -0.3 is 14.9 Å². The summed E-state index contributed by atoms with van der Waals surface area (Å²) in [6, 6.07) is 12.2. The lowest BCUT2D eigenvalue weighted by Gasteiger charge is -2.22. The molecule has 0 bridgehead atoms. The zero-order valence-corrected chi connectivity index (χ0v) is 10.6. The lowest BCUT2D eigenvalue weighted by Crippen LogP contribution is -2.09. The third kappa shape index (κ3) is 2.03. The Morgan fingerprint density at radius 1 is 1.00 bits per heavy atom. The molecule has 0 saturated heterocycles. The number of phenols is 2. The first-order valence-corrected chi connectivity index (χ1v) is 6.10. The topological polar surface area (TPSA) is 49.7 Å². The standard InChI is InChI=1S/C16H14O3/c1-10-14-8-13(18)5-6-16(14)19-9-15(10)11-3-2-4-12(17)7-11/h2-8,17-18H,9H2,1H3. The first-order chi connectivity index (χ1) is 9.15. The molecule has 0 spiro atoms. The van der Waals surface area contributed by atoms with Gasteiger partial charge in [-0.2, -0.15) is 0 Å². The molecule has 2 N–H and O–H groups in total. The highest BCUT2D eigenvalue weighted by Crippen LogP contribution is 2.38. The lowest BCUT2D eigenvalue weighted by atomic mass is 9.93. The van der Waals surface area contributed by atoms with Crippen LogP contribution in [-0.4, -0.2) is 16.8 Å². The summed E-state index contributed by atoms with van der Waals surface area (Å²) in [7, 11) is 0. The van der Waals surface area contributed by atoms with E-state index in [1.807, 2.05) is 19.1 Å². The maximum absolute atomic E-state index is 9.59. The van der Waals surface area contributed by atoms with Crippen molar-refractivity contribution in [2.45, 2.75) is 6.92 Å². The molecule has 0 aromatic heterocycles. The predicted molar refractivity (Wildman–Crippen MR) is 74.2 cm³/mol. The summed E-state index contributed by atoms with van der Waals surface area (Å²) in [5, 5.41) is 19.2. The number of fused-ring (bicyclic) bond motifs is 1. The van der Waals surface area contributed by atoms with Gasteiger partial charge in [0.05, 0.1) is 0 Å². The van der Waals surface area contributed by atoms with Crippen LogP contribution in [0.4, 0.5) is 0 Å². The summed E-state index contributed by atoms with van der Waals surface area (Å²) >= 11 is 0. The summed E-state index contributed by atoms with van der Waals surface area (Å²) in [6.45, 7) is 2.47. The molecular formula is C16H14O3. The van der Waals surface area contributed by atoms with E-state index in [9.17, 15) is 10.2 Å². The average molecular weight is 254 g/mol. The normalized spacial score (nSPS) is 13.9. The molecule has 2 aromatic carbocycles. The van der Waals surface area contributed by atoms with Gasteiger partial charge in [0.15, 0.2) is 0 Å². The van der Waals surface area contributed by atoms with Crippen LogP contribution in [-0.2, 0) is 0 Å².